The third-order valence-corrected chi connectivity index (χ3v) is 5.18. The monoisotopic (exact) mass is 280 g/mol. The summed E-state index contributed by atoms with van der Waals surface area (Å²) in [7, 11) is 0. The molecular formula is C16H28N2S. The van der Waals surface area contributed by atoms with E-state index in [2.05, 4.69) is 54.7 Å². The first-order valence-electron chi connectivity index (χ1n) is 7.62. The Morgan fingerprint density at radius 2 is 2.21 bits per heavy atom. The Balaban J connectivity index is 2.00. The van der Waals surface area contributed by atoms with Gasteiger partial charge < -0.3 is 5.32 Å². The molecule has 3 atom stereocenters. The van der Waals surface area contributed by atoms with Crippen LogP contribution in [0, 0.1) is 5.92 Å². The largest absolute Gasteiger partial charge is 0.311 e. The van der Waals surface area contributed by atoms with Crippen molar-refractivity contribution in [2.75, 3.05) is 13.1 Å². The van der Waals surface area contributed by atoms with Gasteiger partial charge in [-0.2, -0.15) is 11.3 Å². The number of hydrogen-bond acceptors (Lipinski definition) is 3. The number of nitrogens with one attached hydrogen (secondary N) is 1. The molecular weight excluding hydrogens is 252 g/mol. The molecule has 3 unspecified atom stereocenters. The summed E-state index contributed by atoms with van der Waals surface area (Å²) >= 11 is 1.81. The average Bonchev–Trinajstić information content (AvgIpc) is 2.90. The van der Waals surface area contributed by atoms with Crippen molar-refractivity contribution in [1.29, 1.82) is 0 Å². The zero-order chi connectivity index (χ0) is 13.8. The molecule has 1 N–H and O–H groups in total. The van der Waals surface area contributed by atoms with Crippen LogP contribution in [0.15, 0.2) is 16.8 Å². The predicted octanol–water partition coefficient (Wildman–Crippen LogP) is 3.39. The lowest BCUT2D eigenvalue weighted by molar-refractivity contribution is 0.0739. The van der Waals surface area contributed by atoms with E-state index in [9.17, 15) is 0 Å². The Kier molecular flexibility index (Phi) is 5.43. The molecule has 2 nitrogen and oxygen atoms in total. The maximum absolute atomic E-state index is 3.72. The molecule has 1 fully saturated rings. The van der Waals surface area contributed by atoms with E-state index in [0.29, 0.717) is 24.0 Å². The maximum atomic E-state index is 3.72. The zero-order valence-corrected chi connectivity index (χ0v) is 13.5. The Labute approximate surface area is 122 Å². The van der Waals surface area contributed by atoms with Crippen LogP contribution in [0.3, 0.4) is 0 Å². The lowest BCUT2D eigenvalue weighted by Crippen LogP contribution is -2.60. The van der Waals surface area contributed by atoms with Crippen molar-refractivity contribution in [2.45, 2.75) is 58.7 Å². The van der Waals surface area contributed by atoms with Crippen molar-refractivity contribution in [3.05, 3.63) is 22.4 Å². The van der Waals surface area contributed by atoms with Crippen LogP contribution in [0.5, 0.6) is 0 Å². The van der Waals surface area contributed by atoms with Crippen molar-refractivity contribution in [3.8, 4) is 0 Å². The molecule has 0 aliphatic carbocycles. The molecule has 1 saturated heterocycles. The van der Waals surface area contributed by atoms with E-state index in [0.717, 1.165) is 6.54 Å². The third kappa shape index (κ3) is 3.80. The van der Waals surface area contributed by atoms with Gasteiger partial charge in [0.05, 0.1) is 0 Å². The normalized spacial score (nSPS) is 26.8. The summed E-state index contributed by atoms with van der Waals surface area (Å²) in [5, 5.41) is 8.20. The fourth-order valence-corrected chi connectivity index (χ4v) is 3.76. The molecule has 3 heteroatoms. The second-order valence-corrected chi connectivity index (χ2v) is 6.98. The van der Waals surface area contributed by atoms with Crippen LogP contribution in [-0.2, 0) is 6.42 Å². The highest BCUT2D eigenvalue weighted by atomic mass is 32.1. The van der Waals surface area contributed by atoms with Gasteiger partial charge in [-0.3, -0.25) is 4.90 Å². The summed E-state index contributed by atoms with van der Waals surface area (Å²) in [5.74, 6) is 0.716. The fraction of sp³-hybridized carbons (Fsp3) is 0.750. The summed E-state index contributed by atoms with van der Waals surface area (Å²) in [6.07, 6.45) is 2.43. The van der Waals surface area contributed by atoms with Crippen molar-refractivity contribution >= 4 is 11.3 Å². The quantitative estimate of drug-likeness (QED) is 0.889. The van der Waals surface area contributed by atoms with Gasteiger partial charge in [0.1, 0.15) is 0 Å². The minimum absolute atomic E-state index is 0.642. The number of piperazine rings is 1. The lowest BCUT2D eigenvalue weighted by atomic mass is 9.95. The first-order valence-corrected chi connectivity index (χ1v) is 8.56. The van der Waals surface area contributed by atoms with Gasteiger partial charge >= 0.3 is 0 Å². The Bertz CT molecular complexity index is 361. The molecule has 1 aliphatic rings. The lowest BCUT2D eigenvalue weighted by Gasteiger charge is -2.44. The summed E-state index contributed by atoms with van der Waals surface area (Å²) in [4.78, 5) is 2.73. The van der Waals surface area contributed by atoms with Crippen molar-refractivity contribution in [1.82, 2.24) is 10.2 Å². The highest BCUT2D eigenvalue weighted by Gasteiger charge is 2.31. The van der Waals surface area contributed by atoms with Crippen LogP contribution in [0.1, 0.15) is 39.7 Å². The van der Waals surface area contributed by atoms with E-state index in [1.165, 1.54) is 24.9 Å². The van der Waals surface area contributed by atoms with Gasteiger partial charge in [0.15, 0.2) is 0 Å². The second-order valence-electron chi connectivity index (χ2n) is 6.20. The van der Waals surface area contributed by atoms with E-state index in [-0.39, 0.29) is 0 Å². The summed E-state index contributed by atoms with van der Waals surface area (Å²) in [5.41, 5.74) is 1.49. The van der Waals surface area contributed by atoms with Crippen LogP contribution in [0.2, 0.25) is 0 Å². The summed E-state index contributed by atoms with van der Waals surface area (Å²) < 4.78 is 0. The predicted molar refractivity (Wildman–Crippen MR) is 84.9 cm³/mol. The highest BCUT2D eigenvalue weighted by molar-refractivity contribution is 7.07. The minimum Gasteiger partial charge on any atom is -0.311 e. The fourth-order valence-electron chi connectivity index (χ4n) is 3.08. The standard InChI is InChI=1S/C16H28N2S/c1-5-15-9-17-16(12(2)3)10-18(15)13(4)8-14-6-7-19-11-14/h6-7,11-13,15-17H,5,8-10H2,1-4H3. The van der Waals surface area contributed by atoms with Crippen molar-refractivity contribution in [3.63, 3.8) is 0 Å². The van der Waals surface area contributed by atoms with E-state index >= 15 is 0 Å². The Hall–Kier alpha value is -0.380. The number of hydrogen-bond donors (Lipinski definition) is 1. The van der Waals surface area contributed by atoms with Crippen LogP contribution >= 0.6 is 11.3 Å². The highest BCUT2D eigenvalue weighted by Crippen LogP contribution is 2.20. The van der Waals surface area contributed by atoms with Crippen molar-refractivity contribution < 1.29 is 0 Å². The molecule has 2 heterocycles. The number of nitrogens with zero attached hydrogens (tertiary/aromatic N) is 1. The molecule has 0 aromatic carbocycles. The van der Waals surface area contributed by atoms with Crippen LogP contribution < -0.4 is 5.32 Å². The average molecular weight is 280 g/mol. The molecule has 0 bridgehead atoms. The van der Waals surface area contributed by atoms with Gasteiger partial charge in [0.2, 0.25) is 0 Å². The molecule has 2 rings (SSSR count). The molecule has 1 aliphatic heterocycles. The van der Waals surface area contributed by atoms with Gasteiger partial charge in [0.25, 0.3) is 0 Å². The SMILES string of the molecule is CCC1CNC(C(C)C)CN1C(C)Cc1ccsc1. The minimum atomic E-state index is 0.642. The molecule has 0 radical (unpaired) electrons. The number of thiophene rings is 1. The molecule has 1 aromatic heterocycles. The second kappa shape index (κ2) is 6.87. The maximum Gasteiger partial charge on any atom is 0.0221 e. The molecule has 108 valence electrons. The van der Waals surface area contributed by atoms with Crippen LogP contribution in [0.25, 0.3) is 0 Å². The molecule has 1 aromatic rings. The van der Waals surface area contributed by atoms with E-state index in [1.54, 1.807) is 0 Å². The molecule has 0 amide bonds. The van der Waals surface area contributed by atoms with E-state index < -0.39 is 0 Å². The number of rotatable bonds is 5. The van der Waals surface area contributed by atoms with Crippen LogP contribution in [-0.4, -0.2) is 36.1 Å². The third-order valence-electron chi connectivity index (χ3n) is 4.45. The topological polar surface area (TPSA) is 15.3 Å². The van der Waals surface area contributed by atoms with Crippen LogP contribution in [0.4, 0.5) is 0 Å². The Morgan fingerprint density at radius 3 is 2.79 bits per heavy atom. The Morgan fingerprint density at radius 1 is 1.42 bits per heavy atom. The van der Waals surface area contributed by atoms with E-state index in [1.807, 2.05) is 11.3 Å². The summed E-state index contributed by atoms with van der Waals surface area (Å²) in [6, 6.07) is 4.25. The molecule has 0 spiro atoms. The molecule has 0 saturated carbocycles. The van der Waals surface area contributed by atoms with Gasteiger partial charge in [-0.05, 0) is 48.1 Å². The van der Waals surface area contributed by atoms with Crippen molar-refractivity contribution in [2.24, 2.45) is 5.92 Å². The first-order chi connectivity index (χ1) is 9.11. The molecule has 19 heavy (non-hydrogen) atoms. The van der Waals surface area contributed by atoms with Gasteiger partial charge in [-0.15, -0.1) is 0 Å². The first kappa shape index (κ1) is 15.0. The van der Waals surface area contributed by atoms with E-state index in [4.69, 9.17) is 0 Å². The van der Waals surface area contributed by atoms with Gasteiger partial charge in [0, 0.05) is 31.2 Å². The smallest absolute Gasteiger partial charge is 0.0221 e. The summed E-state index contributed by atoms with van der Waals surface area (Å²) in [6.45, 7) is 11.7. The van der Waals surface area contributed by atoms with Gasteiger partial charge in [-0.25, -0.2) is 0 Å². The van der Waals surface area contributed by atoms with Gasteiger partial charge in [-0.1, -0.05) is 20.8 Å². The zero-order valence-electron chi connectivity index (χ0n) is 12.7.